The molecule has 1 aliphatic heterocycles. The summed E-state index contributed by atoms with van der Waals surface area (Å²) in [7, 11) is 0. The lowest BCUT2D eigenvalue weighted by Crippen LogP contribution is -2.43. The van der Waals surface area contributed by atoms with Crippen LogP contribution in [0.1, 0.15) is 137 Å². The first-order valence-corrected chi connectivity index (χ1v) is 13.4. The second-order valence-corrected chi connectivity index (χ2v) is 9.73. The van der Waals surface area contributed by atoms with Crippen LogP contribution in [-0.2, 0) is 0 Å². The maximum absolute atomic E-state index is 2.59. The first-order valence-electron chi connectivity index (χ1n) is 13.4. The first kappa shape index (κ1) is 26.4. The van der Waals surface area contributed by atoms with Crippen LogP contribution in [0.3, 0.4) is 0 Å². The molecule has 0 fully saturated rings. The molecule has 1 unspecified atom stereocenters. The average molecular weight is 407 g/mol. The van der Waals surface area contributed by atoms with E-state index in [-0.39, 0.29) is 0 Å². The van der Waals surface area contributed by atoms with Crippen molar-refractivity contribution in [3.05, 3.63) is 12.4 Å². The van der Waals surface area contributed by atoms with E-state index in [1.807, 2.05) is 0 Å². The highest BCUT2D eigenvalue weighted by molar-refractivity contribution is 4.97. The van der Waals surface area contributed by atoms with Gasteiger partial charge in [-0.3, -0.25) is 0 Å². The van der Waals surface area contributed by atoms with E-state index < -0.39 is 0 Å². The number of hydrogen-bond donors (Lipinski definition) is 0. The minimum atomic E-state index is 0.589. The number of rotatable bonds is 20. The van der Waals surface area contributed by atoms with Gasteiger partial charge in [0, 0.05) is 25.5 Å². The molecule has 0 aromatic carbocycles. The van der Waals surface area contributed by atoms with Gasteiger partial charge in [-0.2, -0.15) is 0 Å². The summed E-state index contributed by atoms with van der Waals surface area (Å²) < 4.78 is 0. The monoisotopic (exact) mass is 406 g/mol. The molecule has 0 spiro atoms. The van der Waals surface area contributed by atoms with E-state index in [1.165, 1.54) is 122 Å². The van der Waals surface area contributed by atoms with Gasteiger partial charge in [0.05, 0.1) is 0 Å². The minimum Gasteiger partial charge on any atom is -0.356 e. The molecule has 172 valence electrons. The van der Waals surface area contributed by atoms with E-state index >= 15 is 0 Å². The molecule has 0 N–H and O–H groups in total. The molecule has 0 aliphatic carbocycles. The smallest absolute Gasteiger partial charge is 0.103 e. The third kappa shape index (κ3) is 12.6. The normalized spacial score (nSPS) is 16.5. The average Bonchev–Trinajstić information content (AvgIpc) is 3.10. The Kier molecular flexibility index (Phi) is 16.5. The molecule has 0 saturated heterocycles. The Morgan fingerprint density at radius 2 is 0.897 bits per heavy atom. The fourth-order valence-corrected chi connectivity index (χ4v) is 4.82. The molecule has 0 aromatic heterocycles. The van der Waals surface area contributed by atoms with Gasteiger partial charge in [-0.25, -0.2) is 0 Å². The van der Waals surface area contributed by atoms with Gasteiger partial charge in [0.15, 0.2) is 0 Å². The van der Waals surface area contributed by atoms with Gasteiger partial charge < -0.3 is 9.80 Å². The van der Waals surface area contributed by atoms with Crippen LogP contribution in [-0.4, -0.2) is 29.1 Å². The minimum absolute atomic E-state index is 0.589. The SMILES string of the molecule is CCCCCCCCCCCCCCCCCCN1C=CN(CCC)C1C(C)C. The summed E-state index contributed by atoms with van der Waals surface area (Å²) in [6.07, 6.45) is 29.6. The summed E-state index contributed by atoms with van der Waals surface area (Å²) in [6.45, 7) is 11.7. The highest BCUT2D eigenvalue weighted by atomic mass is 15.4. The lowest BCUT2D eigenvalue weighted by Gasteiger charge is -2.35. The summed E-state index contributed by atoms with van der Waals surface area (Å²) in [5.74, 6) is 0.692. The van der Waals surface area contributed by atoms with E-state index in [0.29, 0.717) is 12.1 Å². The molecule has 2 heteroatoms. The van der Waals surface area contributed by atoms with E-state index in [4.69, 9.17) is 0 Å². The summed E-state index contributed by atoms with van der Waals surface area (Å²) in [5.41, 5.74) is 0. The predicted molar refractivity (Wildman–Crippen MR) is 131 cm³/mol. The van der Waals surface area contributed by atoms with Crippen LogP contribution in [0.2, 0.25) is 0 Å². The van der Waals surface area contributed by atoms with E-state index in [2.05, 4.69) is 49.9 Å². The number of nitrogens with zero attached hydrogens (tertiary/aromatic N) is 2. The Morgan fingerprint density at radius 3 is 1.28 bits per heavy atom. The Hall–Kier alpha value is -0.660. The van der Waals surface area contributed by atoms with Crippen molar-refractivity contribution < 1.29 is 0 Å². The van der Waals surface area contributed by atoms with Gasteiger partial charge in [0.1, 0.15) is 6.17 Å². The molecule has 1 aliphatic rings. The van der Waals surface area contributed by atoms with Gasteiger partial charge >= 0.3 is 0 Å². The number of unbranched alkanes of at least 4 members (excludes halogenated alkanes) is 15. The maximum Gasteiger partial charge on any atom is 0.103 e. The topological polar surface area (TPSA) is 6.48 Å². The highest BCUT2D eigenvalue weighted by Gasteiger charge is 2.27. The summed E-state index contributed by atoms with van der Waals surface area (Å²) in [6, 6.07) is 0. The summed E-state index contributed by atoms with van der Waals surface area (Å²) >= 11 is 0. The maximum atomic E-state index is 2.59. The zero-order chi connectivity index (χ0) is 21.2. The van der Waals surface area contributed by atoms with Crippen LogP contribution in [0, 0.1) is 5.92 Å². The van der Waals surface area contributed by atoms with Crippen LogP contribution < -0.4 is 0 Å². The first-order chi connectivity index (χ1) is 14.2. The zero-order valence-corrected chi connectivity index (χ0v) is 20.6. The van der Waals surface area contributed by atoms with Gasteiger partial charge in [-0.1, -0.05) is 124 Å². The molecule has 0 aromatic rings. The fraction of sp³-hybridized carbons (Fsp3) is 0.926. The largest absolute Gasteiger partial charge is 0.356 e. The van der Waals surface area contributed by atoms with Crippen molar-refractivity contribution in [2.45, 2.75) is 143 Å². The third-order valence-electron chi connectivity index (χ3n) is 6.48. The van der Waals surface area contributed by atoms with Crippen LogP contribution in [0.4, 0.5) is 0 Å². The molecular formula is C27H54N2. The highest BCUT2D eigenvalue weighted by Crippen LogP contribution is 2.23. The molecule has 2 nitrogen and oxygen atoms in total. The van der Waals surface area contributed by atoms with Crippen molar-refractivity contribution in [1.82, 2.24) is 9.80 Å². The quantitative estimate of drug-likeness (QED) is 0.186. The van der Waals surface area contributed by atoms with Crippen LogP contribution >= 0.6 is 0 Å². The van der Waals surface area contributed by atoms with Gasteiger partial charge in [-0.15, -0.1) is 0 Å². The van der Waals surface area contributed by atoms with Crippen molar-refractivity contribution in [2.24, 2.45) is 5.92 Å². The molecule has 29 heavy (non-hydrogen) atoms. The van der Waals surface area contributed by atoms with E-state index in [1.54, 1.807) is 0 Å². The summed E-state index contributed by atoms with van der Waals surface area (Å²) in [5, 5.41) is 0. The Bertz CT molecular complexity index is 377. The molecular weight excluding hydrogens is 352 g/mol. The van der Waals surface area contributed by atoms with Crippen molar-refractivity contribution in [1.29, 1.82) is 0 Å². The van der Waals surface area contributed by atoms with Crippen molar-refractivity contribution in [3.8, 4) is 0 Å². The lowest BCUT2D eigenvalue weighted by molar-refractivity contribution is 0.106. The Balaban J connectivity index is 1.87. The molecule has 1 rings (SSSR count). The molecule has 1 atom stereocenters. The van der Waals surface area contributed by atoms with E-state index in [9.17, 15) is 0 Å². The standard InChI is InChI=1S/C27H54N2/c1-5-7-8-9-10-11-12-13-14-15-16-17-18-19-20-21-23-29-25-24-28(22-6-2)27(29)26(3)4/h24-27H,5-23H2,1-4H3. The molecule has 0 radical (unpaired) electrons. The van der Waals surface area contributed by atoms with Gasteiger partial charge in [0.2, 0.25) is 0 Å². The van der Waals surface area contributed by atoms with Crippen LogP contribution in [0.5, 0.6) is 0 Å². The number of hydrogen-bond acceptors (Lipinski definition) is 2. The van der Waals surface area contributed by atoms with Crippen LogP contribution in [0.25, 0.3) is 0 Å². The zero-order valence-electron chi connectivity index (χ0n) is 20.6. The third-order valence-corrected chi connectivity index (χ3v) is 6.48. The summed E-state index contributed by atoms with van der Waals surface area (Å²) in [4.78, 5) is 5.13. The Morgan fingerprint density at radius 1 is 0.517 bits per heavy atom. The predicted octanol–water partition coefficient (Wildman–Crippen LogP) is 8.73. The second kappa shape index (κ2) is 18.1. The van der Waals surface area contributed by atoms with Crippen LogP contribution in [0.15, 0.2) is 12.4 Å². The molecule has 0 amide bonds. The fourth-order valence-electron chi connectivity index (χ4n) is 4.82. The molecule has 1 heterocycles. The van der Waals surface area contributed by atoms with E-state index in [0.717, 1.165) is 0 Å². The molecule has 0 saturated carbocycles. The van der Waals surface area contributed by atoms with Crippen molar-refractivity contribution in [3.63, 3.8) is 0 Å². The van der Waals surface area contributed by atoms with Gasteiger partial charge in [-0.05, 0) is 18.8 Å². The lowest BCUT2D eigenvalue weighted by atomic mass is 10.0. The van der Waals surface area contributed by atoms with Crippen molar-refractivity contribution in [2.75, 3.05) is 13.1 Å². The van der Waals surface area contributed by atoms with Gasteiger partial charge in [0.25, 0.3) is 0 Å². The Labute approximate surface area is 184 Å². The molecule has 0 bridgehead atoms. The second-order valence-electron chi connectivity index (χ2n) is 9.73. The van der Waals surface area contributed by atoms with Crippen molar-refractivity contribution >= 4 is 0 Å².